The molecule has 6 heteroatoms. The Kier molecular flexibility index (Phi) is 5.80. The number of rotatable bonds is 5. The van der Waals surface area contributed by atoms with Crippen molar-refractivity contribution >= 4 is 22.6 Å². The van der Waals surface area contributed by atoms with Crippen molar-refractivity contribution < 1.29 is 18.8 Å². The molecule has 1 aromatic heterocycles. The van der Waals surface area contributed by atoms with Gasteiger partial charge in [0.2, 0.25) is 0 Å². The smallest absolute Gasteiger partial charge is 0.319 e. The maximum Gasteiger partial charge on any atom is 0.319 e. The predicted octanol–water partition coefficient (Wildman–Crippen LogP) is 5.07. The van der Waals surface area contributed by atoms with Crippen molar-refractivity contribution in [3.63, 3.8) is 0 Å². The number of esters is 1. The summed E-state index contributed by atoms with van der Waals surface area (Å²) in [6.07, 6.45) is 3.96. The SMILES string of the molecule is CC/C=C1/ON(c2ccccc2)C(c2coc3ccc(C)cc3c2=O)C1C(=O)OCC. The first-order valence-corrected chi connectivity index (χ1v) is 10.5. The van der Waals surface area contributed by atoms with Crippen LogP contribution in [0.2, 0.25) is 0 Å². The predicted molar refractivity (Wildman–Crippen MR) is 118 cm³/mol. The molecule has 1 fully saturated rings. The van der Waals surface area contributed by atoms with Gasteiger partial charge in [-0.15, -0.1) is 0 Å². The topological polar surface area (TPSA) is 69.0 Å². The highest BCUT2D eigenvalue weighted by Gasteiger charge is 2.48. The van der Waals surface area contributed by atoms with Crippen LogP contribution in [0.4, 0.5) is 5.69 Å². The fourth-order valence-corrected chi connectivity index (χ4v) is 3.92. The number of hydroxylamine groups is 1. The van der Waals surface area contributed by atoms with E-state index < -0.39 is 17.9 Å². The van der Waals surface area contributed by atoms with E-state index in [0.29, 0.717) is 28.7 Å². The van der Waals surface area contributed by atoms with Gasteiger partial charge in [-0.25, -0.2) is 5.06 Å². The van der Waals surface area contributed by atoms with Gasteiger partial charge in [-0.2, -0.15) is 0 Å². The van der Waals surface area contributed by atoms with Crippen LogP contribution in [-0.2, 0) is 14.4 Å². The van der Waals surface area contributed by atoms with Crippen LogP contribution in [-0.4, -0.2) is 12.6 Å². The molecule has 0 bridgehead atoms. The van der Waals surface area contributed by atoms with Crippen LogP contribution in [0.25, 0.3) is 11.0 Å². The number of nitrogens with zero attached hydrogens (tertiary/aromatic N) is 1. The molecule has 160 valence electrons. The fraction of sp³-hybridized carbons (Fsp3) is 0.280. The summed E-state index contributed by atoms with van der Waals surface area (Å²) >= 11 is 0. The molecule has 1 aliphatic heterocycles. The minimum absolute atomic E-state index is 0.188. The van der Waals surface area contributed by atoms with Crippen molar-refractivity contribution in [2.75, 3.05) is 11.7 Å². The molecule has 6 nitrogen and oxygen atoms in total. The third-order valence-electron chi connectivity index (χ3n) is 5.31. The number of benzene rings is 2. The summed E-state index contributed by atoms with van der Waals surface area (Å²) in [5, 5.41) is 2.08. The van der Waals surface area contributed by atoms with Crippen LogP contribution >= 0.6 is 0 Å². The standard InChI is InChI=1S/C25H25NO5/c1-4-9-21-22(25(28)29-5-2)23(26(31-21)17-10-7-6-8-11-17)19-15-30-20-13-12-16(3)14-18(20)24(19)27/h6-15,22-23H,4-5H2,1-3H3/b21-9+. The molecule has 0 aliphatic carbocycles. The van der Waals surface area contributed by atoms with Crippen molar-refractivity contribution in [3.8, 4) is 0 Å². The number of anilines is 1. The van der Waals surface area contributed by atoms with Crippen LogP contribution in [0.15, 0.2) is 75.8 Å². The average molecular weight is 419 g/mol. The van der Waals surface area contributed by atoms with E-state index in [2.05, 4.69) is 0 Å². The molecule has 2 aromatic carbocycles. The van der Waals surface area contributed by atoms with E-state index in [1.165, 1.54) is 6.26 Å². The molecule has 3 aromatic rings. The van der Waals surface area contributed by atoms with E-state index in [-0.39, 0.29) is 12.0 Å². The highest BCUT2D eigenvalue weighted by molar-refractivity contribution is 5.81. The Bertz CT molecular complexity index is 1180. The average Bonchev–Trinajstić information content (AvgIpc) is 3.14. The molecule has 0 N–H and O–H groups in total. The molecule has 4 rings (SSSR count). The number of hydrogen-bond acceptors (Lipinski definition) is 6. The number of aryl methyl sites for hydroxylation is 1. The van der Waals surface area contributed by atoms with Gasteiger partial charge in [-0.05, 0) is 50.6 Å². The van der Waals surface area contributed by atoms with Crippen molar-refractivity contribution in [1.29, 1.82) is 0 Å². The van der Waals surface area contributed by atoms with Gasteiger partial charge >= 0.3 is 5.97 Å². The minimum Gasteiger partial charge on any atom is -0.465 e. The third-order valence-corrected chi connectivity index (χ3v) is 5.31. The Morgan fingerprint density at radius 2 is 1.94 bits per heavy atom. The molecule has 1 aliphatic rings. The van der Waals surface area contributed by atoms with Crippen molar-refractivity contribution in [2.45, 2.75) is 33.2 Å². The van der Waals surface area contributed by atoms with E-state index in [4.69, 9.17) is 14.0 Å². The molecule has 31 heavy (non-hydrogen) atoms. The highest BCUT2D eigenvalue weighted by atomic mass is 16.7. The van der Waals surface area contributed by atoms with Crippen LogP contribution < -0.4 is 10.5 Å². The number of hydrogen-bond donors (Lipinski definition) is 0. The van der Waals surface area contributed by atoms with Gasteiger partial charge in [0.05, 0.1) is 23.2 Å². The van der Waals surface area contributed by atoms with Gasteiger partial charge in [0.1, 0.15) is 29.6 Å². The number of fused-ring (bicyclic) bond motifs is 1. The molecular formula is C25H25NO5. The first-order chi connectivity index (χ1) is 15.0. The zero-order valence-corrected chi connectivity index (χ0v) is 17.8. The van der Waals surface area contributed by atoms with Gasteiger partial charge in [0, 0.05) is 0 Å². The van der Waals surface area contributed by atoms with Crippen LogP contribution in [0.5, 0.6) is 0 Å². The quantitative estimate of drug-likeness (QED) is 0.538. The van der Waals surface area contributed by atoms with E-state index in [1.807, 2.05) is 56.3 Å². The van der Waals surface area contributed by atoms with Crippen LogP contribution in [0, 0.1) is 12.8 Å². The van der Waals surface area contributed by atoms with Crippen LogP contribution in [0.3, 0.4) is 0 Å². The summed E-state index contributed by atoms with van der Waals surface area (Å²) in [5.41, 5.74) is 2.34. The molecule has 2 heterocycles. The summed E-state index contributed by atoms with van der Waals surface area (Å²) in [5.74, 6) is -0.752. The number of para-hydroxylation sites is 1. The molecule has 0 saturated carbocycles. The Hall–Kier alpha value is -3.54. The Morgan fingerprint density at radius 3 is 2.65 bits per heavy atom. The second kappa shape index (κ2) is 8.68. The van der Waals surface area contributed by atoms with Gasteiger partial charge < -0.3 is 14.0 Å². The lowest BCUT2D eigenvalue weighted by Gasteiger charge is -2.25. The summed E-state index contributed by atoms with van der Waals surface area (Å²) in [6, 6.07) is 14.1. The summed E-state index contributed by atoms with van der Waals surface area (Å²) in [4.78, 5) is 32.7. The largest absolute Gasteiger partial charge is 0.465 e. The maximum atomic E-state index is 13.5. The number of carbonyl (C=O) groups is 1. The Morgan fingerprint density at radius 1 is 1.16 bits per heavy atom. The lowest BCUT2D eigenvalue weighted by atomic mass is 9.91. The number of ether oxygens (including phenoxy) is 1. The molecular weight excluding hydrogens is 394 g/mol. The Labute approximate surface area is 180 Å². The lowest BCUT2D eigenvalue weighted by Crippen LogP contribution is -2.32. The molecule has 0 radical (unpaired) electrons. The molecule has 2 atom stereocenters. The number of carbonyl (C=O) groups excluding carboxylic acids is 1. The second-order valence-corrected chi connectivity index (χ2v) is 7.46. The normalized spacial score (nSPS) is 19.6. The maximum absolute atomic E-state index is 13.5. The lowest BCUT2D eigenvalue weighted by molar-refractivity contribution is -0.147. The molecule has 1 saturated heterocycles. The third kappa shape index (κ3) is 3.81. The monoisotopic (exact) mass is 419 g/mol. The summed E-state index contributed by atoms with van der Waals surface area (Å²) in [6.45, 7) is 5.88. The van der Waals surface area contributed by atoms with Crippen molar-refractivity contribution in [1.82, 2.24) is 0 Å². The fourth-order valence-electron chi connectivity index (χ4n) is 3.92. The summed E-state index contributed by atoms with van der Waals surface area (Å²) < 4.78 is 11.2. The van der Waals surface area contributed by atoms with Crippen molar-refractivity contribution in [3.05, 3.63) is 88.0 Å². The first-order valence-electron chi connectivity index (χ1n) is 10.5. The van der Waals surface area contributed by atoms with E-state index in [9.17, 15) is 9.59 Å². The Balaban J connectivity index is 1.94. The second-order valence-electron chi connectivity index (χ2n) is 7.46. The zero-order chi connectivity index (χ0) is 22.0. The minimum atomic E-state index is -0.787. The molecule has 0 amide bonds. The van der Waals surface area contributed by atoms with Crippen molar-refractivity contribution in [2.24, 2.45) is 5.92 Å². The molecule has 2 unspecified atom stereocenters. The van der Waals surface area contributed by atoms with Gasteiger partial charge in [0.25, 0.3) is 0 Å². The van der Waals surface area contributed by atoms with E-state index in [1.54, 1.807) is 24.1 Å². The summed E-state index contributed by atoms with van der Waals surface area (Å²) in [7, 11) is 0. The van der Waals surface area contributed by atoms with E-state index in [0.717, 1.165) is 11.3 Å². The zero-order valence-electron chi connectivity index (χ0n) is 17.8. The highest BCUT2D eigenvalue weighted by Crippen LogP contribution is 2.44. The number of allylic oxidation sites excluding steroid dienone is 1. The van der Waals surface area contributed by atoms with Gasteiger partial charge in [-0.3, -0.25) is 9.59 Å². The first kappa shape index (κ1) is 20.7. The van der Waals surface area contributed by atoms with Gasteiger partial charge in [-0.1, -0.05) is 36.8 Å². The molecule has 0 spiro atoms. The van der Waals surface area contributed by atoms with E-state index >= 15 is 0 Å². The van der Waals surface area contributed by atoms with Gasteiger partial charge in [0.15, 0.2) is 5.43 Å². The van der Waals surface area contributed by atoms with Crippen LogP contribution in [0.1, 0.15) is 37.4 Å².